The van der Waals surface area contributed by atoms with Gasteiger partial charge in [-0.25, -0.2) is 9.78 Å². The van der Waals surface area contributed by atoms with Crippen LogP contribution in [0.5, 0.6) is 0 Å². The molecular formula is C22H24F6N2O3. The van der Waals surface area contributed by atoms with Crippen molar-refractivity contribution in [1.82, 2.24) is 10.3 Å². The lowest BCUT2D eigenvalue weighted by molar-refractivity contribution is -0.142. The van der Waals surface area contributed by atoms with E-state index >= 15 is 0 Å². The molecule has 0 aliphatic heterocycles. The molecule has 1 amide bonds. The largest absolute Gasteiger partial charge is 0.444 e. The summed E-state index contributed by atoms with van der Waals surface area (Å²) in [5.41, 5.74) is -5.58. The number of amides is 1. The number of halogens is 6. The zero-order valence-electron chi connectivity index (χ0n) is 18.6. The molecule has 0 aliphatic rings. The van der Waals surface area contributed by atoms with Crippen LogP contribution in [0, 0.1) is 5.92 Å². The zero-order chi connectivity index (χ0) is 25.4. The van der Waals surface area contributed by atoms with Crippen molar-refractivity contribution in [2.45, 2.75) is 65.0 Å². The van der Waals surface area contributed by atoms with Gasteiger partial charge in [0, 0.05) is 10.9 Å². The van der Waals surface area contributed by atoms with Crippen molar-refractivity contribution in [3.63, 3.8) is 0 Å². The number of Topliss-reactive ketones (excluding diaryl/α,β-unsaturated/α-hetero) is 1. The number of carbonyl (C=O) groups excluding carboxylic acids is 2. The molecule has 0 bridgehead atoms. The van der Waals surface area contributed by atoms with Gasteiger partial charge in [0.15, 0.2) is 5.78 Å². The number of benzene rings is 1. The number of aromatic nitrogens is 1. The third-order valence-corrected chi connectivity index (χ3v) is 4.87. The number of nitrogens with one attached hydrogen (secondary N) is 1. The van der Waals surface area contributed by atoms with Crippen molar-refractivity contribution in [2.24, 2.45) is 5.92 Å². The number of ether oxygens (including phenoxy) is 1. The van der Waals surface area contributed by atoms with Crippen LogP contribution < -0.4 is 5.32 Å². The van der Waals surface area contributed by atoms with Gasteiger partial charge in [-0.15, -0.1) is 0 Å². The minimum Gasteiger partial charge on any atom is -0.444 e. The highest BCUT2D eigenvalue weighted by Gasteiger charge is 2.39. The van der Waals surface area contributed by atoms with Crippen molar-refractivity contribution < 1.29 is 40.7 Å². The standard InChI is InChI=1S/C22H24F6N2O3/c1-6-11(2)16(30-19(32)33-20(3,4)5)18(31)13-10-15(22(26,27)28)29-17-12(13)8-7-9-14(17)21(23,24)25/h7-11,16H,6H2,1-5H3,(H,30,32)/t11-,16-/m0/s1. The normalized spacial score (nSPS) is 14.6. The Hall–Kier alpha value is -2.85. The summed E-state index contributed by atoms with van der Waals surface area (Å²) in [5.74, 6) is -1.54. The molecule has 2 aromatic rings. The van der Waals surface area contributed by atoms with Crippen LogP contribution in [0.1, 0.15) is 62.7 Å². The summed E-state index contributed by atoms with van der Waals surface area (Å²) in [6.45, 7) is 8.01. The lowest BCUT2D eigenvalue weighted by atomic mass is 9.89. The summed E-state index contributed by atoms with van der Waals surface area (Å²) in [5, 5.41) is 1.95. The quantitative estimate of drug-likeness (QED) is 0.399. The SMILES string of the molecule is CC[C@H](C)[C@H](NC(=O)OC(C)(C)C)C(=O)c1cc(C(F)(F)F)nc2c(C(F)(F)F)cccc12. The number of fused-ring (bicyclic) bond motifs is 1. The number of alkyl carbamates (subject to hydrolysis) is 1. The summed E-state index contributed by atoms with van der Waals surface area (Å²) < 4.78 is 85.9. The van der Waals surface area contributed by atoms with Gasteiger partial charge in [0.1, 0.15) is 11.3 Å². The number of hydrogen-bond acceptors (Lipinski definition) is 4. The number of hydrogen-bond donors (Lipinski definition) is 1. The molecule has 11 heteroatoms. The van der Waals surface area contributed by atoms with Crippen LogP contribution in [0.4, 0.5) is 31.1 Å². The van der Waals surface area contributed by atoms with Gasteiger partial charge in [0.2, 0.25) is 0 Å². The predicted octanol–water partition coefficient (Wildman–Crippen LogP) is 6.39. The van der Waals surface area contributed by atoms with Gasteiger partial charge in [0.05, 0.1) is 17.1 Å². The molecule has 0 saturated carbocycles. The Morgan fingerprint density at radius 2 is 1.67 bits per heavy atom. The maximum absolute atomic E-state index is 13.5. The van der Waals surface area contributed by atoms with Gasteiger partial charge in [-0.2, -0.15) is 26.3 Å². The number of carbonyl (C=O) groups is 2. The van der Waals surface area contributed by atoms with Crippen LogP contribution in [0.3, 0.4) is 0 Å². The molecule has 1 heterocycles. The smallest absolute Gasteiger partial charge is 0.433 e. The average molecular weight is 478 g/mol. The number of pyridine rings is 1. The molecule has 2 rings (SSSR count). The Morgan fingerprint density at radius 1 is 1.06 bits per heavy atom. The Kier molecular flexibility index (Phi) is 7.35. The minimum absolute atomic E-state index is 0.342. The number of para-hydroxylation sites is 1. The fourth-order valence-electron chi connectivity index (χ4n) is 3.13. The third kappa shape index (κ3) is 6.35. The molecule has 0 unspecified atom stereocenters. The Labute approximate surface area is 186 Å². The van der Waals surface area contributed by atoms with E-state index in [4.69, 9.17) is 4.74 Å². The fraction of sp³-hybridized carbons (Fsp3) is 0.500. The van der Waals surface area contributed by atoms with Gasteiger partial charge in [0.25, 0.3) is 0 Å². The predicted molar refractivity (Wildman–Crippen MR) is 109 cm³/mol. The first-order valence-corrected chi connectivity index (χ1v) is 10.1. The van der Waals surface area contributed by atoms with E-state index in [0.717, 1.165) is 12.1 Å². The monoisotopic (exact) mass is 478 g/mol. The van der Waals surface area contributed by atoms with Gasteiger partial charge >= 0.3 is 18.4 Å². The molecular weight excluding hydrogens is 454 g/mol. The summed E-state index contributed by atoms with van der Waals surface area (Å²) >= 11 is 0. The van der Waals surface area contributed by atoms with Crippen molar-refractivity contribution >= 4 is 22.8 Å². The second kappa shape index (κ2) is 9.18. The highest BCUT2D eigenvalue weighted by Crippen LogP contribution is 2.38. The van der Waals surface area contributed by atoms with E-state index in [0.29, 0.717) is 18.6 Å². The van der Waals surface area contributed by atoms with Crippen LogP contribution in [0.15, 0.2) is 24.3 Å². The number of alkyl halides is 6. The Bertz CT molecular complexity index is 1040. The highest BCUT2D eigenvalue weighted by atomic mass is 19.4. The molecule has 0 radical (unpaired) electrons. The Balaban J connectivity index is 2.72. The molecule has 5 nitrogen and oxygen atoms in total. The highest BCUT2D eigenvalue weighted by molar-refractivity contribution is 6.11. The van der Waals surface area contributed by atoms with Crippen molar-refractivity contribution in [3.05, 3.63) is 41.1 Å². The van der Waals surface area contributed by atoms with E-state index in [9.17, 15) is 35.9 Å². The average Bonchev–Trinajstić information content (AvgIpc) is 2.66. The molecule has 0 saturated heterocycles. The van der Waals surface area contributed by atoms with E-state index in [1.807, 2.05) is 0 Å². The van der Waals surface area contributed by atoms with Crippen LogP contribution in [-0.2, 0) is 17.1 Å². The van der Waals surface area contributed by atoms with Gasteiger partial charge in [-0.3, -0.25) is 4.79 Å². The van der Waals surface area contributed by atoms with Gasteiger partial charge in [-0.05, 0) is 38.8 Å². The molecule has 1 aromatic heterocycles. The van der Waals surface area contributed by atoms with Gasteiger partial charge in [-0.1, -0.05) is 32.4 Å². The Morgan fingerprint density at radius 3 is 2.15 bits per heavy atom. The second-order valence-electron chi connectivity index (χ2n) is 8.63. The summed E-state index contributed by atoms with van der Waals surface area (Å²) in [4.78, 5) is 28.8. The summed E-state index contributed by atoms with van der Waals surface area (Å²) in [6, 6.07) is 1.74. The van der Waals surface area contributed by atoms with Gasteiger partial charge < -0.3 is 10.1 Å². The zero-order valence-corrected chi connectivity index (χ0v) is 18.6. The molecule has 2 atom stereocenters. The lowest BCUT2D eigenvalue weighted by Gasteiger charge is -2.26. The summed E-state index contributed by atoms with van der Waals surface area (Å²) in [6.07, 6.45) is -10.7. The minimum atomic E-state index is -5.10. The topological polar surface area (TPSA) is 68.3 Å². The van der Waals surface area contributed by atoms with E-state index in [1.165, 1.54) is 0 Å². The van der Waals surface area contributed by atoms with Crippen molar-refractivity contribution in [2.75, 3.05) is 0 Å². The second-order valence-corrected chi connectivity index (χ2v) is 8.63. The van der Waals surface area contributed by atoms with Crippen molar-refractivity contribution in [3.8, 4) is 0 Å². The van der Waals surface area contributed by atoms with Crippen LogP contribution in [0.25, 0.3) is 10.9 Å². The molecule has 0 spiro atoms. The van der Waals surface area contributed by atoms with E-state index in [-0.39, 0.29) is 0 Å². The molecule has 0 aliphatic carbocycles. The number of nitrogens with zero attached hydrogens (tertiary/aromatic N) is 1. The van der Waals surface area contributed by atoms with Crippen molar-refractivity contribution in [1.29, 1.82) is 0 Å². The lowest BCUT2D eigenvalue weighted by Crippen LogP contribution is -2.47. The number of ketones is 1. The van der Waals surface area contributed by atoms with Crippen LogP contribution in [0.2, 0.25) is 0 Å². The van der Waals surface area contributed by atoms with E-state index in [2.05, 4.69) is 10.3 Å². The molecule has 1 aromatic carbocycles. The first-order valence-electron chi connectivity index (χ1n) is 10.1. The fourth-order valence-corrected chi connectivity index (χ4v) is 3.13. The van der Waals surface area contributed by atoms with Crippen LogP contribution >= 0.6 is 0 Å². The van der Waals surface area contributed by atoms with E-state index < -0.39 is 69.5 Å². The first kappa shape index (κ1) is 26.4. The van der Waals surface area contributed by atoms with E-state index in [1.54, 1.807) is 34.6 Å². The summed E-state index contributed by atoms with van der Waals surface area (Å²) in [7, 11) is 0. The maximum atomic E-state index is 13.5. The first-order chi connectivity index (χ1) is 15.0. The molecule has 1 N–H and O–H groups in total. The third-order valence-electron chi connectivity index (χ3n) is 4.87. The molecule has 33 heavy (non-hydrogen) atoms. The maximum Gasteiger partial charge on any atom is 0.433 e. The molecule has 0 fully saturated rings. The number of rotatable bonds is 5. The van der Waals surface area contributed by atoms with Crippen LogP contribution in [-0.4, -0.2) is 28.5 Å². The molecule has 182 valence electrons.